The number of nitrogens with two attached hydrogens (primary N) is 1. The maximum atomic E-state index is 5.92. The zero-order chi connectivity index (χ0) is 16.7. The third kappa shape index (κ3) is 6.84. The monoisotopic (exact) mass is 461 g/mol. The minimum atomic E-state index is -0.126. The number of ether oxygens (including phenoxy) is 2. The molecule has 0 saturated heterocycles. The minimum Gasteiger partial charge on any atom is -0.497 e. The van der Waals surface area contributed by atoms with Crippen LogP contribution in [0, 0.1) is 0 Å². The number of halogens is 2. The second-order valence-electron chi connectivity index (χ2n) is 4.97. The Morgan fingerprint density at radius 2 is 1.92 bits per heavy atom. The van der Waals surface area contributed by atoms with Crippen molar-refractivity contribution in [3.05, 3.63) is 53.6 Å². The summed E-state index contributed by atoms with van der Waals surface area (Å²) in [6, 6.07) is 14.7. The molecule has 130 valence electrons. The third-order valence-corrected chi connectivity index (χ3v) is 3.23. The van der Waals surface area contributed by atoms with E-state index >= 15 is 0 Å². The number of benzene rings is 2. The van der Waals surface area contributed by atoms with Gasteiger partial charge in [0.25, 0.3) is 0 Å². The molecule has 0 aliphatic rings. The number of rotatable bonds is 6. The average Bonchev–Trinajstić information content (AvgIpc) is 2.53. The van der Waals surface area contributed by atoms with Gasteiger partial charge in [-0.1, -0.05) is 23.7 Å². The van der Waals surface area contributed by atoms with E-state index in [4.69, 9.17) is 26.8 Å². The van der Waals surface area contributed by atoms with Crippen LogP contribution in [0.3, 0.4) is 0 Å². The fraction of sp³-hybridized carbons (Fsp3) is 0.235. The second-order valence-corrected chi connectivity index (χ2v) is 5.41. The molecule has 24 heavy (non-hydrogen) atoms. The molecule has 1 atom stereocenters. The average molecular weight is 462 g/mol. The summed E-state index contributed by atoms with van der Waals surface area (Å²) in [4.78, 5) is 4.28. The van der Waals surface area contributed by atoms with Crippen LogP contribution < -0.4 is 20.5 Å². The van der Waals surface area contributed by atoms with Crippen molar-refractivity contribution in [3.63, 3.8) is 0 Å². The number of nitrogens with zero attached hydrogens (tertiary/aromatic N) is 1. The SMILES string of the molecule is COc1cccc(NC(N)=NCC(C)Oc2cccc(Cl)c2)c1.I. The zero-order valence-corrected chi connectivity index (χ0v) is 16.6. The third-order valence-electron chi connectivity index (χ3n) is 2.99. The van der Waals surface area contributed by atoms with Gasteiger partial charge in [-0.2, -0.15) is 0 Å². The number of aliphatic imine (C=N–C) groups is 1. The largest absolute Gasteiger partial charge is 0.497 e. The van der Waals surface area contributed by atoms with Crippen LogP contribution >= 0.6 is 35.6 Å². The van der Waals surface area contributed by atoms with Gasteiger partial charge in [-0.15, -0.1) is 24.0 Å². The van der Waals surface area contributed by atoms with Crippen LogP contribution in [-0.2, 0) is 0 Å². The van der Waals surface area contributed by atoms with Crippen LogP contribution in [0.2, 0.25) is 5.02 Å². The second kappa shape index (κ2) is 10.2. The Kier molecular flexibility index (Phi) is 8.70. The van der Waals surface area contributed by atoms with Gasteiger partial charge in [-0.05, 0) is 37.3 Å². The van der Waals surface area contributed by atoms with E-state index in [9.17, 15) is 0 Å². The highest BCUT2D eigenvalue weighted by Gasteiger charge is 2.04. The molecule has 0 aromatic heterocycles. The molecule has 2 rings (SSSR count). The van der Waals surface area contributed by atoms with Crippen LogP contribution in [0.5, 0.6) is 11.5 Å². The smallest absolute Gasteiger partial charge is 0.193 e. The first-order valence-corrected chi connectivity index (χ1v) is 7.58. The summed E-state index contributed by atoms with van der Waals surface area (Å²) >= 11 is 5.92. The molecule has 0 heterocycles. The Bertz CT molecular complexity index is 682. The Morgan fingerprint density at radius 3 is 2.62 bits per heavy atom. The Balaban J connectivity index is 0.00000288. The lowest BCUT2D eigenvalue weighted by Crippen LogP contribution is -2.25. The standard InChI is InChI=1S/C17H20ClN3O2.HI/c1-12(23-16-8-3-5-13(18)9-16)11-20-17(19)21-14-6-4-7-15(10-14)22-2;/h3-10,12H,11H2,1-2H3,(H3,19,20,21);1H. The highest BCUT2D eigenvalue weighted by molar-refractivity contribution is 14.0. The number of nitrogens with one attached hydrogen (secondary N) is 1. The van der Waals surface area contributed by atoms with Gasteiger partial charge in [0.15, 0.2) is 5.96 Å². The highest BCUT2D eigenvalue weighted by Crippen LogP contribution is 2.18. The van der Waals surface area contributed by atoms with Crippen LogP contribution in [0.1, 0.15) is 6.92 Å². The number of hydrogen-bond donors (Lipinski definition) is 2. The lowest BCUT2D eigenvalue weighted by atomic mass is 10.3. The molecule has 7 heteroatoms. The fourth-order valence-corrected chi connectivity index (χ4v) is 2.11. The molecule has 3 N–H and O–H groups in total. The quantitative estimate of drug-likeness (QED) is 0.385. The van der Waals surface area contributed by atoms with Crippen LogP contribution in [0.25, 0.3) is 0 Å². The lowest BCUT2D eigenvalue weighted by molar-refractivity contribution is 0.230. The molecule has 1 unspecified atom stereocenters. The van der Waals surface area contributed by atoms with Crippen LogP contribution in [0.4, 0.5) is 5.69 Å². The summed E-state index contributed by atoms with van der Waals surface area (Å²) in [6.07, 6.45) is -0.126. The molecule has 0 aliphatic heterocycles. The van der Waals surface area contributed by atoms with Crippen molar-refractivity contribution in [2.75, 3.05) is 19.0 Å². The van der Waals surface area contributed by atoms with Gasteiger partial charge in [0, 0.05) is 16.8 Å². The van der Waals surface area contributed by atoms with Crippen molar-refractivity contribution in [3.8, 4) is 11.5 Å². The molecular formula is C17H21ClIN3O2. The fourth-order valence-electron chi connectivity index (χ4n) is 1.93. The molecule has 5 nitrogen and oxygen atoms in total. The molecule has 0 amide bonds. The molecule has 0 bridgehead atoms. The summed E-state index contributed by atoms with van der Waals surface area (Å²) in [7, 11) is 1.62. The van der Waals surface area contributed by atoms with E-state index in [2.05, 4.69) is 10.3 Å². The summed E-state index contributed by atoms with van der Waals surface area (Å²) in [6.45, 7) is 2.35. The van der Waals surface area contributed by atoms with Crippen LogP contribution in [-0.4, -0.2) is 25.7 Å². The normalized spacial score (nSPS) is 12.0. The van der Waals surface area contributed by atoms with Gasteiger partial charge in [-0.25, -0.2) is 4.99 Å². The van der Waals surface area contributed by atoms with E-state index in [-0.39, 0.29) is 30.1 Å². The molecule has 2 aromatic rings. The number of anilines is 1. The lowest BCUT2D eigenvalue weighted by Gasteiger charge is -2.13. The van der Waals surface area contributed by atoms with Crippen molar-refractivity contribution in [2.45, 2.75) is 13.0 Å². The van der Waals surface area contributed by atoms with Gasteiger partial charge in [0.1, 0.15) is 17.6 Å². The predicted octanol–water partition coefficient (Wildman–Crippen LogP) is 4.16. The van der Waals surface area contributed by atoms with Gasteiger partial charge in [0.05, 0.1) is 13.7 Å². The summed E-state index contributed by atoms with van der Waals surface area (Å²) in [5.41, 5.74) is 6.70. The van der Waals surface area contributed by atoms with Crippen molar-refractivity contribution in [1.29, 1.82) is 0 Å². The van der Waals surface area contributed by atoms with E-state index in [0.29, 0.717) is 23.3 Å². The first-order chi connectivity index (χ1) is 11.1. The Labute approximate surface area is 164 Å². The summed E-state index contributed by atoms with van der Waals surface area (Å²) in [5, 5.41) is 3.65. The maximum Gasteiger partial charge on any atom is 0.193 e. The van der Waals surface area contributed by atoms with E-state index in [1.807, 2.05) is 43.3 Å². The summed E-state index contributed by atoms with van der Waals surface area (Å²) in [5.74, 6) is 1.78. The van der Waals surface area contributed by atoms with Crippen molar-refractivity contribution in [1.82, 2.24) is 0 Å². The predicted molar refractivity (Wildman–Crippen MR) is 110 cm³/mol. The number of hydrogen-bond acceptors (Lipinski definition) is 3. The van der Waals surface area contributed by atoms with Crippen molar-refractivity contribution in [2.24, 2.45) is 10.7 Å². The molecular weight excluding hydrogens is 441 g/mol. The Hall–Kier alpha value is -1.67. The molecule has 0 aliphatic carbocycles. The maximum absolute atomic E-state index is 5.92. The van der Waals surface area contributed by atoms with Crippen molar-refractivity contribution >= 4 is 47.2 Å². The summed E-state index contributed by atoms with van der Waals surface area (Å²) < 4.78 is 10.9. The van der Waals surface area contributed by atoms with Gasteiger partial charge >= 0.3 is 0 Å². The minimum absolute atomic E-state index is 0. The number of guanidine groups is 1. The molecule has 0 fully saturated rings. The molecule has 0 radical (unpaired) electrons. The van der Waals surface area contributed by atoms with Gasteiger partial charge in [0.2, 0.25) is 0 Å². The van der Waals surface area contributed by atoms with Crippen molar-refractivity contribution < 1.29 is 9.47 Å². The van der Waals surface area contributed by atoms with Crippen LogP contribution in [0.15, 0.2) is 53.5 Å². The zero-order valence-electron chi connectivity index (χ0n) is 13.5. The van der Waals surface area contributed by atoms with Gasteiger partial charge < -0.3 is 20.5 Å². The van der Waals surface area contributed by atoms with E-state index in [1.54, 1.807) is 19.2 Å². The Morgan fingerprint density at radius 1 is 1.21 bits per heavy atom. The first kappa shape index (κ1) is 20.4. The topological polar surface area (TPSA) is 68.9 Å². The van der Waals surface area contributed by atoms with E-state index < -0.39 is 0 Å². The van der Waals surface area contributed by atoms with E-state index in [1.165, 1.54) is 0 Å². The molecule has 0 saturated carbocycles. The van der Waals surface area contributed by atoms with Gasteiger partial charge in [-0.3, -0.25) is 0 Å². The first-order valence-electron chi connectivity index (χ1n) is 7.20. The van der Waals surface area contributed by atoms with E-state index in [0.717, 1.165) is 11.4 Å². The molecule has 0 spiro atoms. The molecule has 2 aromatic carbocycles. The number of methoxy groups -OCH3 is 1. The highest BCUT2D eigenvalue weighted by atomic mass is 127.